The van der Waals surface area contributed by atoms with Crippen molar-refractivity contribution in [3.05, 3.63) is 0 Å². The largest absolute Gasteiger partial charge is 0.367 e. The van der Waals surface area contributed by atoms with Crippen LogP contribution in [0.4, 0.5) is 0 Å². The molecule has 1 aliphatic rings. The van der Waals surface area contributed by atoms with Gasteiger partial charge in [-0.3, -0.25) is 4.79 Å². The molecule has 0 saturated carbocycles. The zero-order valence-electron chi connectivity index (χ0n) is 4.76. The minimum absolute atomic E-state index is 0.229. The number of hydrogen-bond acceptors (Lipinski definition) is 2. The van der Waals surface area contributed by atoms with Gasteiger partial charge in [0.15, 0.2) is 0 Å². The molecule has 1 aliphatic heterocycles. The van der Waals surface area contributed by atoms with E-state index in [1.54, 1.807) is 0 Å². The second-order valence-corrected chi connectivity index (χ2v) is 2.07. The van der Waals surface area contributed by atoms with Gasteiger partial charge in [0.25, 0.3) is 0 Å². The summed E-state index contributed by atoms with van der Waals surface area (Å²) in [5, 5.41) is 0. The zero-order valence-corrected chi connectivity index (χ0v) is 4.76. The van der Waals surface area contributed by atoms with E-state index in [4.69, 9.17) is 10.5 Å². The van der Waals surface area contributed by atoms with Gasteiger partial charge in [0.05, 0.1) is 6.10 Å². The molecule has 0 radical (unpaired) electrons. The topological polar surface area (TPSA) is 52.3 Å². The van der Waals surface area contributed by atoms with Gasteiger partial charge in [-0.25, -0.2) is 0 Å². The van der Waals surface area contributed by atoms with Crippen molar-refractivity contribution >= 4 is 5.91 Å². The zero-order chi connectivity index (χ0) is 6.15. The number of hydrogen-bond donors (Lipinski definition) is 1. The average Bonchev–Trinajstić information content (AvgIpc) is 1.57. The fraction of sp³-hybridized carbons (Fsp3) is 0.800. The van der Waals surface area contributed by atoms with E-state index in [1.807, 2.05) is 6.92 Å². The number of primary amides is 1. The number of carbonyl (C=O) groups is 1. The van der Waals surface area contributed by atoms with E-state index in [1.165, 1.54) is 0 Å². The van der Waals surface area contributed by atoms with E-state index in [-0.39, 0.29) is 18.1 Å². The number of rotatable bonds is 1. The Morgan fingerprint density at radius 1 is 1.88 bits per heavy atom. The van der Waals surface area contributed by atoms with Gasteiger partial charge >= 0.3 is 0 Å². The van der Waals surface area contributed by atoms with Gasteiger partial charge in [0, 0.05) is 6.42 Å². The summed E-state index contributed by atoms with van der Waals surface area (Å²) < 4.78 is 4.93. The molecule has 2 unspecified atom stereocenters. The molecule has 1 heterocycles. The Hall–Kier alpha value is -0.570. The first-order chi connectivity index (χ1) is 3.70. The van der Waals surface area contributed by atoms with Crippen LogP contribution in [0.5, 0.6) is 0 Å². The molecule has 46 valence electrons. The number of ether oxygens (including phenoxy) is 1. The van der Waals surface area contributed by atoms with E-state index in [0.29, 0.717) is 0 Å². The van der Waals surface area contributed by atoms with Gasteiger partial charge < -0.3 is 10.5 Å². The smallest absolute Gasteiger partial charge is 0.246 e. The van der Waals surface area contributed by atoms with E-state index in [2.05, 4.69) is 0 Å². The molecule has 1 rings (SSSR count). The summed E-state index contributed by atoms with van der Waals surface area (Å²) in [6.07, 6.45) is 0.715. The van der Waals surface area contributed by atoms with Crippen molar-refractivity contribution < 1.29 is 9.53 Å². The highest BCUT2D eigenvalue weighted by molar-refractivity contribution is 5.79. The molecular formula is C5H9NO2. The first-order valence-electron chi connectivity index (χ1n) is 2.65. The molecule has 0 aromatic carbocycles. The van der Waals surface area contributed by atoms with Crippen LogP contribution in [0.2, 0.25) is 0 Å². The molecule has 1 amide bonds. The van der Waals surface area contributed by atoms with Crippen LogP contribution in [0.1, 0.15) is 13.3 Å². The van der Waals surface area contributed by atoms with Crippen LogP contribution in [0.15, 0.2) is 0 Å². The molecule has 0 bridgehead atoms. The summed E-state index contributed by atoms with van der Waals surface area (Å²) in [5.41, 5.74) is 4.90. The molecule has 0 aliphatic carbocycles. The molecule has 2 atom stereocenters. The Bertz CT molecular complexity index is 107. The molecule has 3 heteroatoms. The van der Waals surface area contributed by atoms with Crippen molar-refractivity contribution in [2.75, 3.05) is 0 Å². The van der Waals surface area contributed by atoms with Crippen LogP contribution in [0.25, 0.3) is 0 Å². The third-order valence-corrected chi connectivity index (χ3v) is 1.26. The summed E-state index contributed by atoms with van der Waals surface area (Å²) in [5.74, 6) is -0.344. The standard InChI is InChI=1S/C5H9NO2/c1-3-2-4(8-3)5(6)7/h3-4H,2H2,1H3,(H2,6,7). The van der Waals surface area contributed by atoms with Crippen LogP contribution < -0.4 is 5.73 Å². The lowest BCUT2D eigenvalue weighted by molar-refractivity contribution is -0.155. The third kappa shape index (κ3) is 0.816. The highest BCUT2D eigenvalue weighted by atomic mass is 16.5. The van der Waals surface area contributed by atoms with Gasteiger partial charge in [0.2, 0.25) is 5.91 Å². The predicted molar refractivity (Wildman–Crippen MR) is 28.1 cm³/mol. The van der Waals surface area contributed by atoms with E-state index < -0.39 is 0 Å². The fourth-order valence-corrected chi connectivity index (χ4v) is 0.754. The van der Waals surface area contributed by atoms with Crippen molar-refractivity contribution in [2.45, 2.75) is 25.6 Å². The van der Waals surface area contributed by atoms with Crippen LogP contribution in [-0.4, -0.2) is 18.1 Å². The third-order valence-electron chi connectivity index (χ3n) is 1.26. The summed E-state index contributed by atoms with van der Waals surface area (Å²) in [7, 11) is 0. The van der Waals surface area contributed by atoms with Gasteiger partial charge in [-0.1, -0.05) is 0 Å². The van der Waals surface area contributed by atoms with Crippen LogP contribution in [0, 0.1) is 0 Å². The monoisotopic (exact) mass is 115 g/mol. The summed E-state index contributed by atoms with van der Waals surface area (Å²) in [4.78, 5) is 10.2. The number of amides is 1. The van der Waals surface area contributed by atoms with E-state index in [0.717, 1.165) is 6.42 Å². The normalized spacial score (nSPS) is 36.1. The van der Waals surface area contributed by atoms with Gasteiger partial charge in [0.1, 0.15) is 6.10 Å². The van der Waals surface area contributed by atoms with Crippen LogP contribution in [-0.2, 0) is 9.53 Å². The average molecular weight is 115 g/mol. The number of nitrogens with two attached hydrogens (primary N) is 1. The maximum Gasteiger partial charge on any atom is 0.246 e. The summed E-state index contributed by atoms with van der Waals surface area (Å²) in [6.45, 7) is 1.92. The Morgan fingerprint density at radius 3 is 2.50 bits per heavy atom. The lowest BCUT2D eigenvalue weighted by Gasteiger charge is -2.30. The molecule has 3 nitrogen and oxygen atoms in total. The lowest BCUT2D eigenvalue weighted by atomic mass is 10.1. The van der Waals surface area contributed by atoms with Gasteiger partial charge in [-0.2, -0.15) is 0 Å². The highest BCUT2D eigenvalue weighted by Gasteiger charge is 2.30. The molecule has 1 fully saturated rings. The fourth-order valence-electron chi connectivity index (χ4n) is 0.754. The Labute approximate surface area is 47.8 Å². The second kappa shape index (κ2) is 1.74. The Morgan fingerprint density at radius 2 is 2.38 bits per heavy atom. The maximum atomic E-state index is 10.2. The number of carbonyl (C=O) groups excluding carboxylic acids is 1. The minimum atomic E-state index is -0.344. The second-order valence-electron chi connectivity index (χ2n) is 2.07. The van der Waals surface area contributed by atoms with E-state index >= 15 is 0 Å². The van der Waals surface area contributed by atoms with Crippen molar-refractivity contribution in [2.24, 2.45) is 5.73 Å². The first kappa shape index (κ1) is 5.56. The quantitative estimate of drug-likeness (QED) is 0.507. The van der Waals surface area contributed by atoms with Crippen molar-refractivity contribution in [3.8, 4) is 0 Å². The highest BCUT2D eigenvalue weighted by Crippen LogP contribution is 2.18. The molecule has 0 aromatic heterocycles. The Balaban J connectivity index is 2.25. The van der Waals surface area contributed by atoms with Crippen molar-refractivity contribution in [1.82, 2.24) is 0 Å². The molecule has 1 saturated heterocycles. The minimum Gasteiger partial charge on any atom is -0.367 e. The van der Waals surface area contributed by atoms with Gasteiger partial charge in [-0.05, 0) is 6.92 Å². The van der Waals surface area contributed by atoms with Crippen molar-refractivity contribution in [3.63, 3.8) is 0 Å². The van der Waals surface area contributed by atoms with E-state index in [9.17, 15) is 4.79 Å². The van der Waals surface area contributed by atoms with Gasteiger partial charge in [-0.15, -0.1) is 0 Å². The SMILES string of the molecule is CC1CC(C(N)=O)O1. The lowest BCUT2D eigenvalue weighted by Crippen LogP contribution is -2.44. The molecular weight excluding hydrogens is 106 g/mol. The summed E-state index contributed by atoms with van der Waals surface area (Å²) >= 11 is 0. The van der Waals surface area contributed by atoms with Crippen molar-refractivity contribution in [1.29, 1.82) is 0 Å². The maximum absolute atomic E-state index is 10.2. The predicted octanol–water partition coefficient (Wildman–Crippen LogP) is -0.351. The van der Waals surface area contributed by atoms with Crippen LogP contribution in [0.3, 0.4) is 0 Å². The summed E-state index contributed by atoms with van der Waals surface area (Å²) in [6, 6.07) is 0. The van der Waals surface area contributed by atoms with Crippen LogP contribution >= 0.6 is 0 Å². The molecule has 0 aromatic rings. The molecule has 0 spiro atoms. The molecule has 8 heavy (non-hydrogen) atoms. The Kier molecular flexibility index (Phi) is 1.21. The molecule has 2 N–H and O–H groups in total. The first-order valence-corrected chi connectivity index (χ1v) is 2.65.